The number of aliphatic hydroxyl groups is 4. The Balaban J connectivity index is 0.000000578. The Kier molecular flexibility index (Phi) is 60.3. The molecule has 0 saturated heterocycles. The molecule has 0 amide bonds. The topological polar surface area (TPSA) is 201 Å². The van der Waals surface area contributed by atoms with E-state index < -0.39 is 0 Å². The zero-order valence-electron chi connectivity index (χ0n) is 93.8. The Labute approximate surface area is 941 Å². The molecule has 0 spiro atoms. The van der Waals surface area contributed by atoms with Gasteiger partial charge in [-0.1, -0.05) is 289 Å². The largest absolute Gasteiger partial charge is 0.512 e. The van der Waals surface area contributed by atoms with Crippen LogP contribution in [-0.4, -0.2) is 63.5 Å². The van der Waals surface area contributed by atoms with Crippen LogP contribution in [0.5, 0.6) is 0 Å². The quantitative estimate of drug-likeness (QED) is 0.0189. The van der Waals surface area contributed by atoms with Crippen LogP contribution in [0.15, 0.2) is 241 Å². The molecular weight excluding hydrogens is 2550 g/mol. The van der Waals surface area contributed by atoms with Gasteiger partial charge in [-0.15, -0.1) is 141 Å². The van der Waals surface area contributed by atoms with E-state index in [-0.39, 0.29) is 138 Å². The normalized spacial score (nSPS) is 11.5. The fourth-order valence-electron chi connectivity index (χ4n) is 16.5. The van der Waals surface area contributed by atoms with Crippen LogP contribution < -0.4 is 0 Å². The Bertz CT molecular complexity index is 6260. The van der Waals surface area contributed by atoms with Crippen molar-refractivity contribution in [1.82, 2.24) is 19.9 Å². The molecule has 0 aliphatic carbocycles. The first kappa shape index (κ1) is 134. The van der Waals surface area contributed by atoms with Gasteiger partial charge in [0, 0.05) is 178 Å². The van der Waals surface area contributed by atoms with Crippen molar-refractivity contribution in [3.63, 3.8) is 0 Å². The SMILES string of the molecule is CC(C)CC(=O)C=C(O)CC(C)C.CC(C)CC(=O)C=C(O)CC(C)C.CC(C)CC(=O)C=C(O)CC(C)C.CC(C)CC(=O)C=C(O)CC(C)C.CC(C)Cc1cc(-c2[c-]cccc2)nc2ccc(F)cc12.Cc1[c-]c(-c2cc(CC(C)C)c3cc(C)ccc3n2)cc(C)c1.Cc1[c-]c(-c2ccc3c(CC(C)(C)C)cccc3n2)cc(C)c1.Cc1c[c-]c(-c2cc(-c3ccc(C)cc3)c3cc(C)ccc3n2)cc1.[Ir].[Ir].[Ir].[Ir]. The van der Waals surface area contributed by atoms with Crippen molar-refractivity contribution in [2.24, 2.45) is 64.6 Å². The molecule has 4 aromatic heterocycles. The molecule has 4 heterocycles. The van der Waals surface area contributed by atoms with E-state index in [1.807, 2.05) is 141 Å². The second-order valence-corrected chi connectivity index (χ2v) is 44.3. The Morgan fingerprint density at radius 2 is 0.669 bits per heavy atom. The average Bonchev–Trinajstić information content (AvgIpc) is 0.791. The van der Waals surface area contributed by atoms with Crippen LogP contribution in [0.1, 0.15) is 272 Å². The monoisotopic (exact) mass is 2710 g/mol. The number of hydrogen-bond acceptors (Lipinski definition) is 12. The summed E-state index contributed by atoms with van der Waals surface area (Å²) in [7, 11) is 0. The molecule has 9 aromatic carbocycles. The molecule has 4 radical (unpaired) electrons. The van der Waals surface area contributed by atoms with Gasteiger partial charge in [0.05, 0.1) is 45.1 Å². The number of allylic oxidation sites excluding steroid dienone is 8. The summed E-state index contributed by atoms with van der Waals surface area (Å²) in [6.45, 7) is 64.6. The molecule has 4 N–H and O–H groups in total. The molecular formula is C131H165FIr4N4O8-4. The standard InChI is InChI=1S/C24H20N.2C22H24N.C19H17FN.4C11H20O2.4Ir/c1-16-4-9-19(10-5-16)21-15-24(20-11-6-17(2)7-12-20)25-23-13-8-18(3)14-22(21)23;1-14(2)8-18-13-22(19-10-16(4)9-17(5)11-19)23-21-7-6-15(3)12-20(18)21;1-15-11-16(2)13-18(12-15)20-10-9-19-17(14-22(3,4)5)7-6-8-21(19)23-20;1-13(2)10-15-11-19(14-6-4-3-5-7-14)21-18-9-8-16(20)12-17(15)18;4*1-8(2)5-10(12)7-11(13)6-9(3)4;;;;/h4-11,13-15H,1-3H3;6-7,9-10,12-14H,8H2,1-5H3;6-12H,14H2,1-5H3;3-6,8-9,11-13H,10H2,1-2H3;4*7-9,12H,5-6H2,1-4H3;;;;/q4*-1;;;;;;;;. The van der Waals surface area contributed by atoms with Gasteiger partial charge < -0.3 is 20.4 Å². The van der Waals surface area contributed by atoms with Crippen LogP contribution in [0.3, 0.4) is 0 Å². The summed E-state index contributed by atoms with van der Waals surface area (Å²) in [5, 5.41) is 42.0. The van der Waals surface area contributed by atoms with Gasteiger partial charge >= 0.3 is 0 Å². The first-order chi connectivity index (χ1) is 67.6. The number of benzene rings is 9. The second kappa shape index (κ2) is 66.6. The summed E-state index contributed by atoms with van der Waals surface area (Å²) < 4.78 is 13.5. The van der Waals surface area contributed by atoms with Crippen molar-refractivity contribution in [2.45, 2.75) is 285 Å². The maximum Gasteiger partial charge on any atom is 0.159 e. The van der Waals surface area contributed by atoms with Gasteiger partial charge in [0.2, 0.25) is 0 Å². The molecule has 0 fully saturated rings. The maximum absolute atomic E-state index is 13.5. The third-order valence-electron chi connectivity index (χ3n) is 22.3. The first-order valence-electron chi connectivity index (χ1n) is 51.7. The van der Waals surface area contributed by atoms with Crippen LogP contribution in [0.4, 0.5) is 4.39 Å². The number of nitrogens with zero attached hydrogens (tertiary/aromatic N) is 4. The molecule has 0 unspecified atom stereocenters. The van der Waals surface area contributed by atoms with Crippen LogP contribution in [0, 0.1) is 150 Å². The number of ketones is 4. The van der Waals surface area contributed by atoms with E-state index in [4.69, 9.17) is 15.0 Å². The molecule has 0 aliphatic rings. The number of fused-ring (bicyclic) bond motifs is 4. The number of rotatable bonds is 30. The smallest absolute Gasteiger partial charge is 0.159 e. The average molecular weight is 2710 g/mol. The molecule has 13 rings (SSSR count). The zero-order chi connectivity index (χ0) is 107. The van der Waals surface area contributed by atoms with Crippen molar-refractivity contribution in [2.75, 3.05) is 0 Å². The van der Waals surface area contributed by atoms with Crippen molar-refractivity contribution < 1.29 is 124 Å². The van der Waals surface area contributed by atoms with E-state index in [0.717, 1.165) is 108 Å². The summed E-state index contributed by atoms with van der Waals surface area (Å²) in [5.41, 5.74) is 28.5. The van der Waals surface area contributed by atoms with Gasteiger partial charge in [0.1, 0.15) is 5.82 Å². The van der Waals surface area contributed by atoms with Crippen LogP contribution in [0.2, 0.25) is 0 Å². The van der Waals surface area contributed by atoms with E-state index in [9.17, 15) is 44.0 Å². The third-order valence-corrected chi connectivity index (χ3v) is 22.3. The minimum Gasteiger partial charge on any atom is -0.512 e. The van der Waals surface area contributed by atoms with E-state index in [1.54, 1.807) is 12.1 Å². The number of hydrogen-bond donors (Lipinski definition) is 4. The van der Waals surface area contributed by atoms with E-state index in [2.05, 4.69) is 279 Å². The van der Waals surface area contributed by atoms with Crippen molar-refractivity contribution in [1.29, 1.82) is 0 Å². The van der Waals surface area contributed by atoms with Crippen molar-refractivity contribution >= 4 is 66.7 Å². The van der Waals surface area contributed by atoms with Crippen LogP contribution in [0.25, 0.3) is 99.8 Å². The Morgan fingerprint density at radius 3 is 1.05 bits per heavy atom. The van der Waals surface area contributed by atoms with Crippen molar-refractivity contribution in [3.8, 4) is 56.2 Å². The molecule has 0 bridgehead atoms. The zero-order valence-corrected chi connectivity index (χ0v) is 103. The van der Waals surface area contributed by atoms with Crippen molar-refractivity contribution in [3.05, 3.63) is 333 Å². The summed E-state index contributed by atoms with van der Waals surface area (Å²) in [6, 6.07) is 79.9. The predicted octanol–water partition coefficient (Wildman–Crippen LogP) is 35.4. The third kappa shape index (κ3) is 50.7. The molecule has 13 aromatic rings. The number of aliphatic hydroxyl groups excluding tert-OH is 4. The summed E-state index contributed by atoms with van der Waals surface area (Å²) in [4.78, 5) is 64.2. The molecule has 0 atom stereocenters. The van der Waals surface area contributed by atoms with Gasteiger partial charge in [-0.3, -0.25) is 39.1 Å². The van der Waals surface area contributed by atoms with Crippen LogP contribution >= 0.6 is 0 Å². The number of carbonyl (C=O) groups is 4. The molecule has 17 heteroatoms. The summed E-state index contributed by atoms with van der Waals surface area (Å²) in [6.07, 6.45) is 12.9. The Morgan fingerprint density at radius 1 is 0.311 bits per heavy atom. The summed E-state index contributed by atoms with van der Waals surface area (Å²) in [5.74, 6) is 4.83. The molecule has 0 aliphatic heterocycles. The minimum absolute atomic E-state index is 0. The Hall–Kier alpha value is -10.0. The second-order valence-electron chi connectivity index (χ2n) is 44.3. The minimum atomic E-state index is -0.215. The fraction of sp³-hybridized carbons (Fsp3) is 0.405. The van der Waals surface area contributed by atoms with Gasteiger partial charge in [-0.2, -0.15) is 0 Å². The molecule has 12 nitrogen and oxygen atoms in total. The summed E-state index contributed by atoms with van der Waals surface area (Å²) >= 11 is 0. The number of pyridine rings is 4. The van der Waals surface area contributed by atoms with E-state index in [0.29, 0.717) is 111 Å². The number of aromatic nitrogens is 4. The molecule has 148 heavy (non-hydrogen) atoms. The van der Waals surface area contributed by atoms with Gasteiger partial charge in [-0.05, 0) is 204 Å². The maximum atomic E-state index is 13.5. The van der Waals surface area contributed by atoms with Gasteiger partial charge in [0.15, 0.2) is 23.1 Å². The predicted molar refractivity (Wildman–Crippen MR) is 606 cm³/mol. The number of carbonyl (C=O) groups excluding carboxylic acids is 4. The number of aryl methyl sites for hydroxylation is 8. The van der Waals surface area contributed by atoms with Crippen LogP contribution in [-0.2, 0) is 119 Å². The molecule has 804 valence electrons. The first-order valence-corrected chi connectivity index (χ1v) is 51.7. The van der Waals surface area contributed by atoms with E-state index >= 15 is 0 Å². The van der Waals surface area contributed by atoms with Gasteiger partial charge in [0.25, 0.3) is 0 Å². The number of halogens is 1. The van der Waals surface area contributed by atoms with E-state index in [1.165, 1.54) is 102 Å². The molecule has 0 saturated carbocycles. The van der Waals surface area contributed by atoms with Gasteiger partial charge in [-0.25, -0.2) is 4.39 Å². The fourth-order valence-corrected chi connectivity index (χ4v) is 16.5.